The molecule has 0 unspecified atom stereocenters. The van der Waals surface area contributed by atoms with Crippen molar-refractivity contribution in [3.05, 3.63) is 23.8 Å². The number of likely N-dealkylation sites (N-methyl/N-ethyl adjacent to an activating group) is 1. The van der Waals surface area contributed by atoms with Gasteiger partial charge >= 0.3 is 5.97 Å². The molecule has 10 heteroatoms. The summed E-state index contributed by atoms with van der Waals surface area (Å²) in [5.74, 6) is -1.05. The molecule has 9 nitrogen and oxygen atoms in total. The van der Waals surface area contributed by atoms with Gasteiger partial charge in [0.05, 0.1) is 22.6 Å². The van der Waals surface area contributed by atoms with Gasteiger partial charge in [-0.15, -0.1) is 5.10 Å². The lowest BCUT2D eigenvalue weighted by molar-refractivity contribution is -0.140. The monoisotopic (exact) mass is 394 g/mol. The van der Waals surface area contributed by atoms with E-state index in [1.807, 2.05) is 6.92 Å². The molecule has 2 aromatic rings. The summed E-state index contributed by atoms with van der Waals surface area (Å²) in [5, 5.41) is 8.00. The first kappa shape index (κ1) is 19.3. The lowest BCUT2D eigenvalue weighted by Crippen LogP contribution is -2.44. The number of hydrogen-bond acceptors (Lipinski definition) is 7. The van der Waals surface area contributed by atoms with Crippen LogP contribution in [0.25, 0.3) is 11.0 Å². The third kappa shape index (κ3) is 3.95. The Balaban J connectivity index is 1.67. The minimum Gasteiger partial charge on any atom is -0.449 e. The maximum atomic E-state index is 12.5. The van der Waals surface area contributed by atoms with E-state index in [9.17, 15) is 18.0 Å². The average molecular weight is 394 g/mol. The van der Waals surface area contributed by atoms with E-state index in [0.29, 0.717) is 18.5 Å². The van der Waals surface area contributed by atoms with Gasteiger partial charge in [0.1, 0.15) is 5.52 Å². The fourth-order valence-corrected chi connectivity index (χ4v) is 4.93. The highest BCUT2D eigenvalue weighted by molar-refractivity contribution is 7.91. The third-order valence-corrected chi connectivity index (χ3v) is 6.53. The summed E-state index contributed by atoms with van der Waals surface area (Å²) in [7, 11) is -1.57. The number of carbonyl (C=O) groups excluding carboxylic acids is 2. The molecule has 27 heavy (non-hydrogen) atoms. The van der Waals surface area contributed by atoms with E-state index < -0.39 is 27.8 Å². The van der Waals surface area contributed by atoms with Gasteiger partial charge in [0.25, 0.3) is 5.91 Å². The molecule has 1 aromatic heterocycles. The molecule has 1 amide bonds. The number of aromatic nitrogens is 3. The van der Waals surface area contributed by atoms with Gasteiger partial charge in [-0.25, -0.2) is 17.9 Å². The highest BCUT2D eigenvalue weighted by Gasteiger charge is 2.35. The van der Waals surface area contributed by atoms with E-state index >= 15 is 0 Å². The molecular formula is C17H22N4O5S. The highest BCUT2D eigenvalue weighted by atomic mass is 32.2. The number of amides is 1. The third-order valence-electron chi connectivity index (χ3n) is 4.78. The van der Waals surface area contributed by atoms with Gasteiger partial charge in [0.2, 0.25) is 0 Å². The Morgan fingerprint density at radius 3 is 2.78 bits per heavy atom. The van der Waals surface area contributed by atoms with Crippen LogP contribution in [-0.4, -0.2) is 70.9 Å². The Morgan fingerprint density at radius 2 is 2.15 bits per heavy atom. The molecule has 0 aliphatic carbocycles. The predicted octanol–water partition coefficient (Wildman–Crippen LogP) is 0.642. The quantitative estimate of drug-likeness (QED) is 0.684. The van der Waals surface area contributed by atoms with Gasteiger partial charge in [0, 0.05) is 19.6 Å². The topological polar surface area (TPSA) is 111 Å². The Labute approximate surface area is 157 Å². The van der Waals surface area contributed by atoms with Crippen molar-refractivity contribution in [2.24, 2.45) is 0 Å². The van der Waals surface area contributed by atoms with Crippen molar-refractivity contribution >= 4 is 32.7 Å². The van der Waals surface area contributed by atoms with Crippen LogP contribution in [0.15, 0.2) is 18.2 Å². The molecule has 2 heterocycles. The molecule has 3 rings (SSSR count). The van der Waals surface area contributed by atoms with Crippen molar-refractivity contribution in [1.82, 2.24) is 19.9 Å². The van der Waals surface area contributed by atoms with Crippen molar-refractivity contribution in [2.75, 3.05) is 18.6 Å². The predicted molar refractivity (Wildman–Crippen MR) is 97.9 cm³/mol. The first-order valence-electron chi connectivity index (χ1n) is 8.73. The summed E-state index contributed by atoms with van der Waals surface area (Å²) in [6.07, 6.45) is -0.623. The molecule has 146 valence electrons. The number of esters is 1. The molecular weight excluding hydrogens is 372 g/mol. The summed E-state index contributed by atoms with van der Waals surface area (Å²) in [4.78, 5) is 26.2. The van der Waals surface area contributed by atoms with Crippen molar-refractivity contribution in [3.63, 3.8) is 0 Å². The summed E-state index contributed by atoms with van der Waals surface area (Å²) in [6, 6.07) is 4.52. The maximum absolute atomic E-state index is 12.5. The van der Waals surface area contributed by atoms with Crippen LogP contribution < -0.4 is 0 Å². The van der Waals surface area contributed by atoms with E-state index in [4.69, 9.17) is 4.74 Å². The van der Waals surface area contributed by atoms with Crippen LogP contribution in [0.3, 0.4) is 0 Å². The Kier molecular flexibility index (Phi) is 5.18. The zero-order valence-electron chi connectivity index (χ0n) is 15.5. The molecule has 0 saturated carbocycles. The van der Waals surface area contributed by atoms with Crippen LogP contribution in [-0.2, 0) is 25.9 Å². The standard InChI is InChI=1S/C17H22N4O5S/c1-4-21-15-6-5-12(9-14(15)18-19-21)17(23)26-11(2)16(22)20(3)13-7-8-27(24,25)10-13/h5-6,9,11,13H,4,7-8,10H2,1-3H3/t11-,13+/m1/s1. The van der Waals surface area contributed by atoms with Gasteiger partial charge in [-0.1, -0.05) is 5.21 Å². The molecule has 2 atom stereocenters. The number of rotatable bonds is 5. The van der Waals surface area contributed by atoms with E-state index in [-0.39, 0.29) is 23.1 Å². The molecule has 0 N–H and O–H groups in total. The Bertz CT molecular complexity index is 984. The van der Waals surface area contributed by atoms with Crippen LogP contribution in [0.1, 0.15) is 30.6 Å². The Morgan fingerprint density at radius 1 is 1.41 bits per heavy atom. The van der Waals surface area contributed by atoms with Crippen molar-refractivity contribution in [2.45, 2.75) is 39.0 Å². The molecule has 1 fully saturated rings. The van der Waals surface area contributed by atoms with Crippen LogP contribution in [0, 0.1) is 0 Å². The number of hydrogen-bond donors (Lipinski definition) is 0. The van der Waals surface area contributed by atoms with E-state index in [1.165, 1.54) is 18.9 Å². The number of carbonyl (C=O) groups is 2. The molecule has 0 bridgehead atoms. The van der Waals surface area contributed by atoms with E-state index in [1.54, 1.807) is 22.9 Å². The molecule has 0 radical (unpaired) electrons. The molecule has 1 aliphatic rings. The lowest BCUT2D eigenvalue weighted by Gasteiger charge is -2.26. The minimum atomic E-state index is -3.10. The molecule has 1 aliphatic heterocycles. The molecule has 1 saturated heterocycles. The largest absolute Gasteiger partial charge is 0.449 e. The zero-order chi connectivity index (χ0) is 19.8. The number of sulfone groups is 1. The van der Waals surface area contributed by atoms with Crippen LogP contribution in [0.5, 0.6) is 0 Å². The second-order valence-corrected chi connectivity index (χ2v) is 8.89. The average Bonchev–Trinajstić information content (AvgIpc) is 3.22. The van der Waals surface area contributed by atoms with Gasteiger partial charge < -0.3 is 9.64 Å². The van der Waals surface area contributed by atoms with Crippen molar-refractivity contribution in [3.8, 4) is 0 Å². The second kappa shape index (κ2) is 7.26. The lowest BCUT2D eigenvalue weighted by atomic mass is 10.2. The fourth-order valence-electron chi connectivity index (χ4n) is 3.16. The van der Waals surface area contributed by atoms with Gasteiger partial charge in [-0.2, -0.15) is 0 Å². The smallest absolute Gasteiger partial charge is 0.338 e. The van der Waals surface area contributed by atoms with Crippen LogP contribution in [0.2, 0.25) is 0 Å². The van der Waals surface area contributed by atoms with Crippen molar-refractivity contribution < 1.29 is 22.7 Å². The van der Waals surface area contributed by atoms with Crippen molar-refractivity contribution in [1.29, 1.82) is 0 Å². The maximum Gasteiger partial charge on any atom is 0.338 e. The second-order valence-electron chi connectivity index (χ2n) is 6.66. The summed E-state index contributed by atoms with van der Waals surface area (Å²) in [5.41, 5.74) is 1.65. The van der Waals surface area contributed by atoms with Gasteiger partial charge in [0.15, 0.2) is 15.9 Å². The van der Waals surface area contributed by atoms with E-state index in [2.05, 4.69) is 10.3 Å². The summed E-state index contributed by atoms with van der Waals surface area (Å²) in [6.45, 7) is 4.08. The summed E-state index contributed by atoms with van der Waals surface area (Å²) < 4.78 is 30.2. The van der Waals surface area contributed by atoms with Crippen LogP contribution in [0.4, 0.5) is 0 Å². The first-order chi connectivity index (χ1) is 12.7. The molecule has 0 spiro atoms. The number of ether oxygens (including phenoxy) is 1. The number of benzene rings is 1. The number of fused-ring (bicyclic) bond motifs is 1. The Hall–Kier alpha value is -2.49. The zero-order valence-corrected chi connectivity index (χ0v) is 16.3. The molecule has 1 aromatic carbocycles. The highest BCUT2D eigenvalue weighted by Crippen LogP contribution is 2.19. The minimum absolute atomic E-state index is 0.0559. The van der Waals surface area contributed by atoms with Crippen LogP contribution >= 0.6 is 0 Å². The van der Waals surface area contributed by atoms with Gasteiger partial charge in [-0.3, -0.25) is 4.79 Å². The van der Waals surface area contributed by atoms with Gasteiger partial charge in [-0.05, 0) is 38.5 Å². The first-order valence-corrected chi connectivity index (χ1v) is 10.6. The number of nitrogens with zero attached hydrogens (tertiary/aromatic N) is 4. The fraction of sp³-hybridized carbons (Fsp3) is 0.529. The summed E-state index contributed by atoms with van der Waals surface area (Å²) >= 11 is 0. The number of aryl methyl sites for hydroxylation is 1. The van der Waals surface area contributed by atoms with E-state index in [0.717, 1.165) is 5.52 Å². The normalized spacial score (nSPS) is 19.7. The SMILES string of the molecule is CCn1nnc2cc(C(=O)O[C@H](C)C(=O)N(C)[C@H]3CCS(=O)(=O)C3)ccc21.